The highest BCUT2D eigenvalue weighted by atomic mass is 16.2. The van der Waals surface area contributed by atoms with Crippen molar-refractivity contribution in [1.82, 2.24) is 19.7 Å². The molecule has 1 aromatic carbocycles. The molecule has 1 amide bonds. The van der Waals surface area contributed by atoms with Gasteiger partial charge in [0.25, 0.3) is 0 Å². The van der Waals surface area contributed by atoms with Crippen LogP contribution in [0.2, 0.25) is 0 Å². The van der Waals surface area contributed by atoms with Gasteiger partial charge in [-0.25, -0.2) is 9.97 Å². The van der Waals surface area contributed by atoms with Crippen LogP contribution in [0.3, 0.4) is 0 Å². The Hall–Kier alpha value is -4.24. The van der Waals surface area contributed by atoms with Crippen LogP contribution in [0.25, 0.3) is 11.3 Å². The van der Waals surface area contributed by atoms with Crippen LogP contribution in [0.1, 0.15) is 39.0 Å². The van der Waals surface area contributed by atoms with E-state index in [2.05, 4.69) is 32.5 Å². The minimum atomic E-state index is -0.560. The van der Waals surface area contributed by atoms with E-state index in [0.717, 1.165) is 29.9 Å². The quantitative estimate of drug-likeness (QED) is 0.558. The van der Waals surface area contributed by atoms with Crippen molar-refractivity contribution in [2.45, 2.75) is 44.6 Å². The monoisotopic (exact) mass is 440 g/mol. The molecular weight excluding hydrogens is 416 g/mol. The number of rotatable bonds is 8. The van der Waals surface area contributed by atoms with Crippen molar-refractivity contribution in [3.8, 4) is 23.4 Å². The molecule has 1 fully saturated rings. The third-order valence-electron chi connectivity index (χ3n) is 5.83. The normalized spacial score (nSPS) is 15.0. The van der Waals surface area contributed by atoms with Crippen LogP contribution in [0.15, 0.2) is 48.9 Å². The summed E-state index contributed by atoms with van der Waals surface area (Å²) in [5, 5.41) is 25.8. The first kappa shape index (κ1) is 22.0. The van der Waals surface area contributed by atoms with Crippen LogP contribution < -0.4 is 10.2 Å². The number of benzene rings is 1. The maximum absolute atomic E-state index is 11.9. The second-order valence-corrected chi connectivity index (χ2v) is 8.25. The van der Waals surface area contributed by atoms with E-state index in [-0.39, 0.29) is 12.3 Å². The van der Waals surface area contributed by atoms with Crippen LogP contribution in [0.5, 0.6) is 0 Å². The Morgan fingerprint density at radius 1 is 1.18 bits per heavy atom. The Morgan fingerprint density at radius 2 is 2.00 bits per heavy atom. The maximum Gasteiger partial charge on any atom is 0.227 e. The molecule has 33 heavy (non-hydrogen) atoms. The largest absolute Gasteiger partial charge is 0.324 e. The van der Waals surface area contributed by atoms with Crippen molar-refractivity contribution in [3.05, 3.63) is 48.9 Å². The Labute approximate surface area is 192 Å². The summed E-state index contributed by atoms with van der Waals surface area (Å²) in [6.45, 7) is 2.69. The van der Waals surface area contributed by atoms with Crippen molar-refractivity contribution < 1.29 is 4.79 Å². The predicted molar refractivity (Wildman–Crippen MR) is 123 cm³/mol. The van der Waals surface area contributed by atoms with Crippen molar-refractivity contribution in [2.24, 2.45) is 0 Å². The predicted octanol–water partition coefficient (Wildman–Crippen LogP) is 4.14. The number of aromatic nitrogens is 4. The third-order valence-corrected chi connectivity index (χ3v) is 5.83. The van der Waals surface area contributed by atoms with Crippen LogP contribution in [0, 0.1) is 22.7 Å². The van der Waals surface area contributed by atoms with Gasteiger partial charge in [-0.2, -0.15) is 15.6 Å². The number of anilines is 3. The van der Waals surface area contributed by atoms with E-state index in [1.807, 2.05) is 37.4 Å². The molecule has 2 aromatic heterocycles. The molecule has 3 aromatic rings. The molecule has 1 aliphatic heterocycles. The zero-order valence-electron chi connectivity index (χ0n) is 18.4. The van der Waals surface area contributed by atoms with Gasteiger partial charge in [-0.05, 0) is 50.1 Å². The first-order valence-corrected chi connectivity index (χ1v) is 10.8. The summed E-state index contributed by atoms with van der Waals surface area (Å²) < 4.78 is 1.75. The molecular formula is C24H24N8O. The van der Waals surface area contributed by atoms with Gasteiger partial charge in [-0.1, -0.05) is 0 Å². The van der Waals surface area contributed by atoms with Gasteiger partial charge in [-0.15, -0.1) is 0 Å². The van der Waals surface area contributed by atoms with E-state index in [1.54, 1.807) is 28.0 Å². The summed E-state index contributed by atoms with van der Waals surface area (Å²) >= 11 is 0. The number of carbonyl (C=O) groups excluding carboxylic acids is 1. The van der Waals surface area contributed by atoms with Gasteiger partial charge < -0.3 is 10.2 Å². The van der Waals surface area contributed by atoms with E-state index in [9.17, 15) is 10.1 Å². The molecule has 0 bridgehead atoms. The molecule has 1 atom stereocenters. The lowest BCUT2D eigenvalue weighted by Crippen LogP contribution is -2.30. The molecule has 0 spiro atoms. The zero-order chi connectivity index (χ0) is 23.3. The molecule has 0 saturated carbocycles. The van der Waals surface area contributed by atoms with Gasteiger partial charge in [0.05, 0.1) is 36.0 Å². The fraction of sp³-hybridized carbons (Fsp3) is 0.333. The summed E-state index contributed by atoms with van der Waals surface area (Å²) in [6.07, 6.45) is 7.86. The summed E-state index contributed by atoms with van der Waals surface area (Å²) in [4.78, 5) is 22.6. The average molecular weight is 441 g/mol. The summed E-state index contributed by atoms with van der Waals surface area (Å²) in [7, 11) is 0. The number of nitriles is 2. The Balaban J connectivity index is 1.50. The smallest absolute Gasteiger partial charge is 0.227 e. The molecule has 1 saturated heterocycles. The molecule has 0 radical (unpaired) electrons. The molecule has 4 rings (SSSR count). The van der Waals surface area contributed by atoms with Crippen molar-refractivity contribution in [1.29, 1.82) is 10.5 Å². The minimum absolute atomic E-state index is 0.158. The molecule has 0 aliphatic carbocycles. The Kier molecular flexibility index (Phi) is 6.32. The topological polar surface area (TPSA) is 124 Å². The van der Waals surface area contributed by atoms with Crippen LogP contribution in [-0.2, 0) is 10.3 Å². The molecule has 9 heteroatoms. The highest BCUT2D eigenvalue weighted by Crippen LogP contribution is 2.28. The number of nitrogens with one attached hydrogen (secondary N) is 1. The lowest BCUT2D eigenvalue weighted by molar-refractivity contribution is -0.117. The number of hydrogen-bond donors (Lipinski definition) is 1. The fourth-order valence-corrected chi connectivity index (χ4v) is 3.88. The first-order chi connectivity index (χ1) is 16.0. The Bertz CT molecular complexity index is 1220. The van der Waals surface area contributed by atoms with Crippen LogP contribution >= 0.6 is 0 Å². The molecule has 1 aliphatic rings. The Morgan fingerprint density at radius 3 is 2.70 bits per heavy atom. The standard InChI is InChI=1S/C24H24N8O/c1-24(11-13-26,10-3-12-25)32-17-18(16-28-32)21-9-14-27-23(30-21)29-19-5-7-20(8-6-19)31-15-2-4-22(31)33/h5-9,14,16-17H,2-4,10-11,15H2,1H3,(H,27,29,30). The lowest BCUT2D eigenvalue weighted by atomic mass is 9.93. The van der Waals surface area contributed by atoms with Crippen LogP contribution in [0.4, 0.5) is 17.3 Å². The minimum Gasteiger partial charge on any atom is -0.324 e. The summed E-state index contributed by atoms with van der Waals surface area (Å²) in [5.74, 6) is 0.597. The molecule has 1 unspecified atom stereocenters. The average Bonchev–Trinajstić information content (AvgIpc) is 3.49. The number of amides is 1. The van der Waals surface area contributed by atoms with Gasteiger partial charge in [0, 0.05) is 48.7 Å². The maximum atomic E-state index is 11.9. The van der Waals surface area contributed by atoms with Crippen molar-refractivity contribution in [2.75, 3.05) is 16.8 Å². The lowest BCUT2D eigenvalue weighted by Gasteiger charge is -2.26. The number of nitrogens with zero attached hydrogens (tertiary/aromatic N) is 7. The van der Waals surface area contributed by atoms with E-state index in [0.29, 0.717) is 30.9 Å². The van der Waals surface area contributed by atoms with Gasteiger partial charge in [0.15, 0.2) is 0 Å². The third kappa shape index (κ3) is 4.83. The van der Waals surface area contributed by atoms with Crippen molar-refractivity contribution >= 4 is 23.2 Å². The fourth-order valence-electron chi connectivity index (χ4n) is 3.88. The number of carbonyl (C=O) groups is 1. The van der Waals surface area contributed by atoms with E-state index < -0.39 is 5.54 Å². The van der Waals surface area contributed by atoms with Crippen LogP contribution in [-0.4, -0.2) is 32.2 Å². The van der Waals surface area contributed by atoms with Gasteiger partial charge >= 0.3 is 0 Å². The molecule has 166 valence electrons. The second kappa shape index (κ2) is 9.49. The molecule has 3 heterocycles. The molecule has 1 N–H and O–H groups in total. The van der Waals surface area contributed by atoms with E-state index in [4.69, 9.17) is 5.26 Å². The highest BCUT2D eigenvalue weighted by Gasteiger charge is 2.27. The molecule has 9 nitrogen and oxygen atoms in total. The first-order valence-electron chi connectivity index (χ1n) is 10.8. The van der Waals surface area contributed by atoms with Gasteiger partial charge in [0.2, 0.25) is 11.9 Å². The van der Waals surface area contributed by atoms with Gasteiger partial charge in [-0.3, -0.25) is 9.48 Å². The zero-order valence-corrected chi connectivity index (χ0v) is 18.4. The van der Waals surface area contributed by atoms with E-state index >= 15 is 0 Å². The van der Waals surface area contributed by atoms with Crippen molar-refractivity contribution in [3.63, 3.8) is 0 Å². The van der Waals surface area contributed by atoms with Gasteiger partial charge in [0.1, 0.15) is 0 Å². The number of hydrogen-bond acceptors (Lipinski definition) is 7. The second-order valence-electron chi connectivity index (χ2n) is 8.25. The SMILES string of the molecule is CC(CC#N)(CCC#N)n1cc(-c2ccnc(Nc3ccc(N4CCCC4=O)cc3)n2)cn1. The summed E-state index contributed by atoms with van der Waals surface area (Å²) in [5.41, 5.74) is 2.63. The highest BCUT2D eigenvalue weighted by molar-refractivity contribution is 5.95. The summed E-state index contributed by atoms with van der Waals surface area (Å²) in [6, 6.07) is 13.8. The van der Waals surface area contributed by atoms with E-state index in [1.165, 1.54) is 0 Å².